The Kier molecular flexibility index (Phi) is 2.33. The van der Waals surface area contributed by atoms with Crippen molar-refractivity contribution in [1.29, 1.82) is 0 Å². The molecule has 15 heavy (non-hydrogen) atoms. The van der Waals surface area contributed by atoms with Crippen LogP contribution in [0, 0.1) is 0 Å². The van der Waals surface area contributed by atoms with Gasteiger partial charge < -0.3 is 14.6 Å². The zero-order valence-corrected chi connectivity index (χ0v) is 8.52. The Morgan fingerprint density at radius 1 is 1.07 bits per heavy atom. The molecule has 4 heteroatoms. The standard InChI is InChI=1S/C11H11NO3/c1-14-8-5-6-12-11-9(15-2)4-3-7(13)10(8)11/h3-6,13H,1-2H3. The minimum atomic E-state index is 0.135. The van der Waals surface area contributed by atoms with Crippen LogP contribution in [-0.2, 0) is 0 Å². The molecule has 2 aromatic rings. The van der Waals surface area contributed by atoms with Gasteiger partial charge in [0.15, 0.2) is 0 Å². The van der Waals surface area contributed by atoms with Gasteiger partial charge >= 0.3 is 0 Å². The monoisotopic (exact) mass is 205 g/mol. The number of hydrogen-bond donors (Lipinski definition) is 1. The first kappa shape index (κ1) is 9.58. The van der Waals surface area contributed by atoms with Crippen molar-refractivity contribution in [3.05, 3.63) is 24.4 Å². The summed E-state index contributed by atoms with van der Waals surface area (Å²) < 4.78 is 10.3. The fraction of sp³-hybridized carbons (Fsp3) is 0.182. The van der Waals surface area contributed by atoms with E-state index in [0.717, 1.165) is 0 Å². The smallest absolute Gasteiger partial charge is 0.145 e. The predicted octanol–water partition coefficient (Wildman–Crippen LogP) is 1.96. The second-order valence-corrected chi connectivity index (χ2v) is 3.02. The Bertz CT molecular complexity index is 496. The molecular formula is C11H11NO3. The highest BCUT2D eigenvalue weighted by Gasteiger charge is 2.11. The molecule has 0 aliphatic carbocycles. The van der Waals surface area contributed by atoms with Crippen molar-refractivity contribution in [3.8, 4) is 17.2 Å². The van der Waals surface area contributed by atoms with E-state index in [1.807, 2.05) is 0 Å². The van der Waals surface area contributed by atoms with Crippen LogP contribution < -0.4 is 9.47 Å². The van der Waals surface area contributed by atoms with Gasteiger partial charge in [0, 0.05) is 6.20 Å². The lowest BCUT2D eigenvalue weighted by molar-refractivity contribution is 0.409. The average molecular weight is 205 g/mol. The van der Waals surface area contributed by atoms with Crippen LogP contribution in [0.3, 0.4) is 0 Å². The van der Waals surface area contributed by atoms with Crippen molar-refractivity contribution in [2.45, 2.75) is 0 Å². The molecule has 1 heterocycles. The molecule has 1 aromatic heterocycles. The van der Waals surface area contributed by atoms with Crippen molar-refractivity contribution >= 4 is 10.9 Å². The summed E-state index contributed by atoms with van der Waals surface area (Å²) in [7, 11) is 3.11. The van der Waals surface area contributed by atoms with E-state index in [2.05, 4.69) is 4.98 Å². The molecule has 78 valence electrons. The zero-order chi connectivity index (χ0) is 10.8. The Labute approximate surface area is 87.1 Å². The second-order valence-electron chi connectivity index (χ2n) is 3.02. The number of rotatable bonds is 2. The van der Waals surface area contributed by atoms with Gasteiger partial charge in [0.2, 0.25) is 0 Å². The topological polar surface area (TPSA) is 51.6 Å². The molecule has 0 bridgehead atoms. The summed E-state index contributed by atoms with van der Waals surface area (Å²) in [5, 5.41) is 10.3. The molecule has 1 N–H and O–H groups in total. The van der Waals surface area contributed by atoms with E-state index in [0.29, 0.717) is 22.4 Å². The van der Waals surface area contributed by atoms with Crippen LogP contribution in [0.2, 0.25) is 0 Å². The lowest BCUT2D eigenvalue weighted by Gasteiger charge is -2.09. The van der Waals surface area contributed by atoms with E-state index in [4.69, 9.17) is 9.47 Å². The summed E-state index contributed by atoms with van der Waals surface area (Å²) in [5.41, 5.74) is 0.594. The van der Waals surface area contributed by atoms with Crippen molar-refractivity contribution < 1.29 is 14.6 Å². The van der Waals surface area contributed by atoms with Crippen LogP contribution in [0.15, 0.2) is 24.4 Å². The van der Waals surface area contributed by atoms with Gasteiger partial charge in [-0.05, 0) is 18.2 Å². The van der Waals surface area contributed by atoms with Crippen molar-refractivity contribution in [1.82, 2.24) is 4.98 Å². The molecule has 0 atom stereocenters. The molecular weight excluding hydrogens is 194 g/mol. The van der Waals surface area contributed by atoms with Crippen LogP contribution in [0.25, 0.3) is 10.9 Å². The highest BCUT2D eigenvalue weighted by atomic mass is 16.5. The fourth-order valence-electron chi connectivity index (χ4n) is 1.53. The molecule has 2 rings (SSSR count). The quantitative estimate of drug-likeness (QED) is 0.814. The van der Waals surface area contributed by atoms with Gasteiger partial charge in [0.1, 0.15) is 22.8 Å². The number of ether oxygens (including phenoxy) is 2. The van der Waals surface area contributed by atoms with Crippen molar-refractivity contribution in [3.63, 3.8) is 0 Å². The van der Waals surface area contributed by atoms with Crippen molar-refractivity contribution in [2.24, 2.45) is 0 Å². The van der Waals surface area contributed by atoms with E-state index in [9.17, 15) is 5.11 Å². The van der Waals surface area contributed by atoms with E-state index < -0.39 is 0 Å². The van der Waals surface area contributed by atoms with Crippen LogP contribution >= 0.6 is 0 Å². The SMILES string of the molecule is COc1ccc(O)c2c(OC)ccnc12. The molecule has 0 aliphatic heterocycles. The Morgan fingerprint density at radius 3 is 2.47 bits per heavy atom. The van der Waals surface area contributed by atoms with Crippen LogP contribution in [0.4, 0.5) is 0 Å². The number of hydrogen-bond acceptors (Lipinski definition) is 4. The van der Waals surface area contributed by atoms with Crippen LogP contribution in [0.5, 0.6) is 17.2 Å². The maximum atomic E-state index is 9.73. The Morgan fingerprint density at radius 2 is 1.80 bits per heavy atom. The largest absolute Gasteiger partial charge is 0.507 e. The van der Waals surface area contributed by atoms with Gasteiger partial charge in [-0.25, -0.2) is 0 Å². The zero-order valence-electron chi connectivity index (χ0n) is 8.52. The maximum Gasteiger partial charge on any atom is 0.145 e. The minimum absolute atomic E-state index is 0.135. The van der Waals surface area contributed by atoms with Crippen LogP contribution in [0.1, 0.15) is 0 Å². The highest BCUT2D eigenvalue weighted by Crippen LogP contribution is 2.36. The third kappa shape index (κ3) is 1.44. The summed E-state index contributed by atoms with van der Waals surface area (Å²) in [5.74, 6) is 1.33. The lowest BCUT2D eigenvalue weighted by atomic mass is 10.1. The summed E-state index contributed by atoms with van der Waals surface area (Å²) in [6, 6.07) is 4.93. The molecule has 0 saturated heterocycles. The number of fused-ring (bicyclic) bond motifs is 1. The normalized spacial score (nSPS) is 10.3. The minimum Gasteiger partial charge on any atom is -0.507 e. The number of phenolic OH excluding ortho intramolecular Hbond substituents is 1. The molecule has 0 radical (unpaired) electrons. The first-order valence-corrected chi connectivity index (χ1v) is 4.46. The third-order valence-corrected chi connectivity index (χ3v) is 2.23. The fourth-order valence-corrected chi connectivity index (χ4v) is 1.53. The third-order valence-electron chi connectivity index (χ3n) is 2.23. The first-order valence-electron chi connectivity index (χ1n) is 4.46. The van der Waals surface area contributed by atoms with Gasteiger partial charge in [-0.2, -0.15) is 0 Å². The lowest BCUT2D eigenvalue weighted by Crippen LogP contribution is -1.91. The van der Waals surface area contributed by atoms with Crippen molar-refractivity contribution in [2.75, 3.05) is 14.2 Å². The molecule has 0 saturated carbocycles. The molecule has 1 aromatic carbocycles. The predicted molar refractivity (Wildman–Crippen MR) is 56.5 cm³/mol. The first-order chi connectivity index (χ1) is 7.27. The number of aromatic hydroxyl groups is 1. The van der Waals surface area contributed by atoms with Gasteiger partial charge in [-0.1, -0.05) is 0 Å². The molecule has 4 nitrogen and oxygen atoms in total. The molecule has 0 spiro atoms. The summed E-state index contributed by atoms with van der Waals surface area (Å²) in [6.07, 6.45) is 1.61. The summed E-state index contributed by atoms with van der Waals surface area (Å²) >= 11 is 0. The summed E-state index contributed by atoms with van der Waals surface area (Å²) in [4.78, 5) is 4.16. The molecule has 0 amide bonds. The molecule has 0 aliphatic rings. The number of pyridine rings is 1. The van der Waals surface area contributed by atoms with Crippen LogP contribution in [-0.4, -0.2) is 24.3 Å². The van der Waals surface area contributed by atoms with Gasteiger partial charge in [-0.15, -0.1) is 0 Å². The van der Waals surface area contributed by atoms with E-state index in [1.54, 1.807) is 38.6 Å². The number of nitrogens with zero attached hydrogens (tertiary/aromatic N) is 1. The number of benzene rings is 1. The number of aromatic nitrogens is 1. The van der Waals surface area contributed by atoms with E-state index in [-0.39, 0.29) is 5.75 Å². The Hall–Kier alpha value is -1.97. The van der Waals surface area contributed by atoms with E-state index >= 15 is 0 Å². The Balaban J connectivity index is 2.86. The summed E-state index contributed by atoms with van der Waals surface area (Å²) in [6.45, 7) is 0. The highest BCUT2D eigenvalue weighted by molar-refractivity contribution is 5.94. The van der Waals surface area contributed by atoms with Gasteiger partial charge in [-0.3, -0.25) is 4.98 Å². The number of methoxy groups -OCH3 is 2. The second kappa shape index (κ2) is 3.65. The molecule has 0 fully saturated rings. The van der Waals surface area contributed by atoms with E-state index in [1.165, 1.54) is 0 Å². The van der Waals surface area contributed by atoms with Gasteiger partial charge in [0.25, 0.3) is 0 Å². The average Bonchev–Trinajstić information content (AvgIpc) is 2.29. The maximum absolute atomic E-state index is 9.73. The molecule has 0 unspecified atom stereocenters. The number of phenols is 1. The van der Waals surface area contributed by atoms with Gasteiger partial charge in [0.05, 0.1) is 19.6 Å².